The smallest absolute Gasteiger partial charge is 0.331 e. The van der Waals surface area contributed by atoms with Gasteiger partial charge in [0.05, 0.1) is 0 Å². The van der Waals surface area contributed by atoms with Gasteiger partial charge in [-0.2, -0.15) is 0 Å². The fourth-order valence-corrected chi connectivity index (χ4v) is 2.06. The zero-order chi connectivity index (χ0) is 14.7. The molecule has 20 heavy (non-hydrogen) atoms. The molecule has 0 aliphatic rings. The molecule has 0 unspecified atom stereocenters. The normalized spacial score (nSPS) is 11.4. The van der Waals surface area contributed by atoms with Crippen LogP contribution in [-0.4, -0.2) is 11.1 Å². The van der Waals surface area contributed by atoms with Crippen molar-refractivity contribution in [2.24, 2.45) is 0 Å². The van der Waals surface area contributed by atoms with Crippen LogP contribution in [0.3, 0.4) is 0 Å². The van der Waals surface area contributed by atoms with Gasteiger partial charge in [0.2, 0.25) is 0 Å². The molecule has 2 aromatic carbocycles. The Balaban J connectivity index is 2.41. The second-order valence-corrected chi connectivity index (χ2v) is 4.85. The van der Waals surface area contributed by atoms with Gasteiger partial charge in [0, 0.05) is 16.8 Å². The number of aryl methyl sites for hydroxylation is 1. The first-order valence-electron chi connectivity index (χ1n) is 6.35. The summed E-state index contributed by atoms with van der Waals surface area (Å²) >= 11 is 0. The molecule has 102 valence electrons. The first kappa shape index (κ1) is 13.9. The third kappa shape index (κ3) is 3.06. The van der Waals surface area contributed by atoms with Crippen LogP contribution in [0.1, 0.15) is 18.1 Å². The van der Waals surface area contributed by atoms with Gasteiger partial charge in [-0.25, -0.2) is 4.79 Å². The summed E-state index contributed by atoms with van der Waals surface area (Å²) in [5.41, 5.74) is 11.0. The topological polar surface area (TPSA) is 63.3 Å². The Morgan fingerprint density at radius 2 is 1.95 bits per heavy atom. The van der Waals surface area contributed by atoms with E-state index in [-0.39, 0.29) is 5.57 Å². The fraction of sp³-hybridized carbons (Fsp3) is 0.118. The summed E-state index contributed by atoms with van der Waals surface area (Å²) in [4.78, 5) is 10.8. The number of carboxylic acid groups (broad SMARTS) is 1. The number of hydrogen-bond donors (Lipinski definition) is 2. The number of nitrogens with two attached hydrogens (primary N) is 1. The molecule has 0 aliphatic heterocycles. The van der Waals surface area contributed by atoms with Crippen LogP contribution < -0.4 is 5.73 Å². The summed E-state index contributed by atoms with van der Waals surface area (Å²) in [6.07, 6.45) is 1.61. The standard InChI is InChI=1S/C17H17NO2/c1-11-4-3-5-14(8-11)15-7-6-13(10-16(15)18)9-12(2)17(19)20/h3-10H,18H2,1-2H3,(H,19,20). The molecule has 0 radical (unpaired) electrons. The lowest BCUT2D eigenvalue weighted by Crippen LogP contribution is -1.96. The average molecular weight is 267 g/mol. The van der Waals surface area contributed by atoms with Gasteiger partial charge in [0.15, 0.2) is 0 Å². The monoisotopic (exact) mass is 267 g/mol. The van der Waals surface area contributed by atoms with Crippen LogP contribution in [0.15, 0.2) is 48.0 Å². The Labute approximate surface area is 118 Å². The maximum atomic E-state index is 10.8. The van der Waals surface area contributed by atoms with Gasteiger partial charge in [0.1, 0.15) is 0 Å². The molecule has 0 amide bonds. The lowest BCUT2D eigenvalue weighted by atomic mass is 9.99. The van der Waals surface area contributed by atoms with Crippen molar-refractivity contribution in [1.82, 2.24) is 0 Å². The third-order valence-electron chi connectivity index (χ3n) is 3.13. The van der Waals surface area contributed by atoms with Crippen molar-refractivity contribution >= 4 is 17.7 Å². The predicted octanol–water partition coefficient (Wildman–Crippen LogP) is 3.73. The summed E-state index contributed by atoms with van der Waals surface area (Å²) in [5.74, 6) is -0.925. The summed E-state index contributed by atoms with van der Waals surface area (Å²) in [7, 11) is 0. The Morgan fingerprint density at radius 1 is 1.20 bits per heavy atom. The summed E-state index contributed by atoms with van der Waals surface area (Å²) in [6, 6.07) is 13.7. The molecule has 3 heteroatoms. The van der Waals surface area contributed by atoms with Crippen LogP contribution >= 0.6 is 0 Å². The van der Waals surface area contributed by atoms with E-state index in [1.807, 2.05) is 37.3 Å². The van der Waals surface area contributed by atoms with Crippen LogP contribution in [0.4, 0.5) is 5.69 Å². The van der Waals surface area contributed by atoms with E-state index in [4.69, 9.17) is 10.8 Å². The minimum absolute atomic E-state index is 0.285. The van der Waals surface area contributed by atoms with Crippen molar-refractivity contribution in [1.29, 1.82) is 0 Å². The van der Waals surface area contributed by atoms with Crippen molar-refractivity contribution < 1.29 is 9.90 Å². The van der Waals surface area contributed by atoms with E-state index in [1.165, 1.54) is 5.56 Å². The molecule has 3 nitrogen and oxygen atoms in total. The number of anilines is 1. The molecule has 0 fully saturated rings. The summed E-state index contributed by atoms with van der Waals surface area (Å²) < 4.78 is 0. The van der Waals surface area contributed by atoms with Crippen LogP contribution in [0.2, 0.25) is 0 Å². The van der Waals surface area contributed by atoms with E-state index >= 15 is 0 Å². The number of hydrogen-bond acceptors (Lipinski definition) is 2. The highest BCUT2D eigenvalue weighted by molar-refractivity contribution is 5.92. The lowest BCUT2D eigenvalue weighted by Gasteiger charge is -2.08. The molecule has 0 bridgehead atoms. The second-order valence-electron chi connectivity index (χ2n) is 4.85. The number of carbonyl (C=O) groups is 1. The second kappa shape index (κ2) is 5.61. The van der Waals surface area contributed by atoms with Gasteiger partial charge in [-0.05, 0) is 37.1 Å². The van der Waals surface area contributed by atoms with Crippen LogP contribution in [-0.2, 0) is 4.79 Å². The van der Waals surface area contributed by atoms with Gasteiger partial charge in [-0.15, -0.1) is 0 Å². The fourth-order valence-electron chi connectivity index (χ4n) is 2.06. The van der Waals surface area contributed by atoms with Crippen LogP contribution in [0.25, 0.3) is 17.2 Å². The minimum Gasteiger partial charge on any atom is -0.478 e. The maximum Gasteiger partial charge on any atom is 0.331 e. The van der Waals surface area contributed by atoms with Crippen molar-refractivity contribution in [3.8, 4) is 11.1 Å². The van der Waals surface area contributed by atoms with E-state index in [0.717, 1.165) is 16.7 Å². The highest BCUT2D eigenvalue weighted by Gasteiger charge is 2.05. The predicted molar refractivity (Wildman–Crippen MR) is 82.3 cm³/mol. The largest absolute Gasteiger partial charge is 0.478 e. The molecular formula is C17H17NO2. The first-order chi connectivity index (χ1) is 9.47. The number of rotatable bonds is 3. The third-order valence-corrected chi connectivity index (χ3v) is 3.13. The molecule has 0 saturated heterocycles. The van der Waals surface area contributed by atoms with Gasteiger partial charge < -0.3 is 10.8 Å². The number of benzene rings is 2. The first-order valence-corrected chi connectivity index (χ1v) is 6.35. The molecule has 0 saturated carbocycles. The van der Waals surface area contributed by atoms with E-state index in [9.17, 15) is 4.79 Å². The van der Waals surface area contributed by atoms with Crippen molar-refractivity contribution in [3.63, 3.8) is 0 Å². The minimum atomic E-state index is -0.925. The van der Waals surface area contributed by atoms with Crippen molar-refractivity contribution in [2.45, 2.75) is 13.8 Å². The van der Waals surface area contributed by atoms with E-state index in [0.29, 0.717) is 5.69 Å². The highest BCUT2D eigenvalue weighted by atomic mass is 16.4. The average Bonchev–Trinajstić information content (AvgIpc) is 2.38. The Bertz CT molecular complexity index is 687. The zero-order valence-corrected chi connectivity index (χ0v) is 11.6. The number of carboxylic acids is 1. The maximum absolute atomic E-state index is 10.8. The molecule has 0 spiro atoms. The quantitative estimate of drug-likeness (QED) is 0.658. The van der Waals surface area contributed by atoms with Gasteiger partial charge in [0.25, 0.3) is 0 Å². The van der Waals surface area contributed by atoms with Gasteiger partial charge >= 0.3 is 5.97 Å². The lowest BCUT2D eigenvalue weighted by molar-refractivity contribution is -0.132. The van der Waals surface area contributed by atoms with E-state index < -0.39 is 5.97 Å². The molecule has 0 heterocycles. The Morgan fingerprint density at radius 3 is 2.55 bits per heavy atom. The van der Waals surface area contributed by atoms with Crippen molar-refractivity contribution in [2.75, 3.05) is 5.73 Å². The molecule has 0 aliphatic carbocycles. The summed E-state index contributed by atoms with van der Waals surface area (Å²) in [5, 5.41) is 8.88. The molecule has 2 aromatic rings. The summed E-state index contributed by atoms with van der Waals surface area (Å²) in [6.45, 7) is 3.60. The number of nitrogen functional groups attached to an aromatic ring is 1. The van der Waals surface area contributed by atoms with Crippen molar-refractivity contribution in [3.05, 3.63) is 59.2 Å². The Hall–Kier alpha value is -2.55. The molecule has 2 rings (SSSR count). The van der Waals surface area contributed by atoms with Gasteiger partial charge in [-0.3, -0.25) is 0 Å². The van der Waals surface area contributed by atoms with Crippen LogP contribution in [0, 0.1) is 6.92 Å². The van der Waals surface area contributed by atoms with E-state index in [1.54, 1.807) is 19.1 Å². The Kier molecular flexibility index (Phi) is 3.89. The molecule has 0 atom stereocenters. The molecule has 3 N–H and O–H groups in total. The SMILES string of the molecule is CC(=Cc1ccc(-c2cccc(C)c2)c(N)c1)C(=O)O. The highest BCUT2D eigenvalue weighted by Crippen LogP contribution is 2.28. The zero-order valence-electron chi connectivity index (χ0n) is 11.6. The number of aliphatic carboxylic acids is 1. The molecular weight excluding hydrogens is 250 g/mol. The van der Waals surface area contributed by atoms with E-state index in [2.05, 4.69) is 6.07 Å². The van der Waals surface area contributed by atoms with Crippen LogP contribution in [0.5, 0.6) is 0 Å². The molecule has 0 aromatic heterocycles. The van der Waals surface area contributed by atoms with Gasteiger partial charge in [-0.1, -0.05) is 42.0 Å².